The van der Waals surface area contributed by atoms with E-state index in [9.17, 15) is 14.0 Å². The van der Waals surface area contributed by atoms with Crippen molar-refractivity contribution in [2.45, 2.75) is 19.5 Å². The molecule has 0 bridgehead atoms. The van der Waals surface area contributed by atoms with E-state index in [1.807, 2.05) is 6.07 Å². The number of benzene rings is 1. The highest BCUT2D eigenvalue weighted by Crippen LogP contribution is 2.31. The van der Waals surface area contributed by atoms with Crippen LogP contribution in [0.15, 0.2) is 18.3 Å². The summed E-state index contributed by atoms with van der Waals surface area (Å²) in [6.07, 6.45) is 1.75. The summed E-state index contributed by atoms with van der Waals surface area (Å²) in [6.45, 7) is 1.45. The third-order valence-electron chi connectivity index (χ3n) is 4.49. The molecule has 0 saturated carbocycles. The highest BCUT2D eigenvalue weighted by molar-refractivity contribution is 6.05. The minimum absolute atomic E-state index is 0.227. The van der Waals surface area contributed by atoms with E-state index in [1.165, 1.54) is 11.1 Å². The number of nitrogens with one attached hydrogen (secondary N) is 2. The van der Waals surface area contributed by atoms with Crippen molar-refractivity contribution in [1.29, 1.82) is 0 Å². The van der Waals surface area contributed by atoms with Crippen LogP contribution in [0.3, 0.4) is 0 Å². The number of aromatic nitrogens is 2. The molecule has 24 heavy (non-hydrogen) atoms. The average Bonchev–Trinajstić information content (AvgIpc) is 3.16. The Morgan fingerprint density at radius 2 is 2.08 bits per heavy atom. The summed E-state index contributed by atoms with van der Waals surface area (Å²) in [5.41, 5.74) is 2.03. The fraction of sp³-hybridized carbons (Fsp3) is 0.312. The third kappa shape index (κ3) is 2.18. The highest BCUT2D eigenvalue weighted by atomic mass is 19.1. The zero-order valence-corrected chi connectivity index (χ0v) is 13.1. The predicted octanol–water partition coefficient (Wildman–Crippen LogP) is 1.28. The second-order valence-electron chi connectivity index (χ2n) is 5.92. The monoisotopic (exact) mass is 329 g/mol. The molecular formula is C16H16FN5O2. The fourth-order valence-corrected chi connectivity index (χ4v) is 3.20. The van der Waals surface area contributed by atoms with Crippen LogP contribution in [-0.4, -0.2) is 28.0 Å². The number of anilines is 1. The quantitative estimate of drug-likeness (QED) is 0.870. The number of urea groups is 1. The molecule has 2 aliphatic rings. The second kappa shape index (κ2) is 5.41. The second-order valence-corrected chi connectivity index (χ2v) is 5.92. The van der Waals surface area contributed by atoms with E-state index in [1.54, 1.807) is 17.7 Å². The van der Waals surface area contributed by atoms with Crippen molar-refractivity contribution in [3.63, 3.8) is 0 Å². The molecule has 0 unspecified atom stereocenters. The van der Waals surface area contributed by atoms with Crippen molar-refractivity contribution in [1.82, 2.24) is 20.2 Å². The Balaban J connectivity index is 1.73. The number of carbonyl (C=O) groups is 2. The first kappa shape index (κ1) is 14.8. The van der Waals surface area contributed by atoms with Gasteiger partial charge in [0.15, 0.2) is 0 Å². The number of fused-ring (bicyclic) bond motifs is 1. The standard InChI is InChI=1S/C16H16FN5O2/c1-21-13(22-5-4-12(23)20-16(22)24)8-19-15(21)10-3-2-9-6-18-7-11(9)14(10)17/h2-3,8,18H,4-7H2,1H3,(H,20,23,24). The Labute approximate surface area is 137 Å². The molecule has 2 aromatic rings. The number of hydrogen-bond acceptors (Lipinski definition) is 4. The minimum Gasteiger partial charge on any atom is -0.314 e. The van der Waals surface area contributed by atoms with Crippen LogP contribution in [0.4, 0.5) is 15.0 Å². The van der Waals surface area contributed by atoms with E-state index >= 15 is 0 Å². The lowest BCUT2D eigenvalue weighted by atomic mass is 10.0. The molecule has 0 aliphatic carbocycles. The number of carbonyl (C=O) groups excluding carboxylic acids is 2. The van der Waals surface area contributed by atoms with Gasteiger partial charge >= 0.3 is 6.03 Å². The molecule has 2 aliphatic heterocycles. The Bertz CT molecular complexity index is 860. The summed E-state index contributed by atoms with van der Waals surface area (Å²) in [7, 11) is 1.73. The van der Waals surface area contributed by atoms with Crippen LogP contribution >= 0.6 is 0 Å². The zero-order valence-electron chi connectivity index (χ0n) is 13.1. The van der Waals surface area contributed by atoms with Gasteiger partial charge in [-0.2, -0.15) is 0 Å². The van der Waals surface area contributed by atoms with Crippen LogP contribution in [0.1, 0.15) is 17.5 Å². The van der Waals surface area contributed by atoms with E-state index in [2.05, 4.69) is 15.6 Å². The molecule has 3 heterocycles. The number of halogens is 1. The van der Waals surface area contributed by atoms with Crippen LogP contribution in [-0.2, 0) is 24.9 Å². The first-order valence-corrected chi connectivity index (χ1v) is 7.70. The molecule has 7 nitrogen and oxygen atoms in total. The average molecular weight is 329 g/mol. The summed E-state index contributed by atoms with van der Waals surface area (Å²) in [4.78, 5) is 29.0. The van der Waals surface area contributed by atoms with Crippen LogP contribution in [0.2, 0.25) is 0 Å². The van der Waals surface area contributed by atoms with Gasteiger partial charge in [0.05, 0.1) is 11.8 Å². The van der Waals surface area contributed by atoms with Gasteiger partial charge in [-0.1, -0.05) is 6.07 Å². The molecule has 1 aromatic heterocycles. The summed E-state index contributed by atoms with van der Waals surface area (Å²) in [5, 5.41) is 5.40. The van der Waals surface area contributed by atoms with Crippen molar-refractivity contribution in [2.75, 3.05) is 11.4 Å². The number of hydrogen-bond donors (Lipinski definition) is 2. The van der Waals surface area contributed by atoms with Gasteiger partial charge in [-0.25, -0.2) is 14.2 Å². The molecule has 0 spiro atoms. The Morgan fingerprint density at radius 1 is 1.25 bits per heavy atom. The maximum Gasteiger partial charge on any atom is 0.329 e. The van der Waals surface area contributed by atoms with Gasteiger partial charge in [0.25, 0.3) is 0 Å². The van der Waals surface area contributed by atoms with Crippen LogP contribution in [0, 0.1) is 5.82 Å². The Hall–Kier alpha value is -2.74. The maximum atomic E-state index is 14.8. The number of nitrogens with zero attached hydrogens (tertiary/aromatic N) is 3. The van der Waals surface area contributed by atoms with Gasteiger partial charge in [0.2, 0.25) is 5.91 Å². The van der Waals surface area contributed by atoms with Crippen molar-refractivity contribution >= 4 is 17.8 Å². The fourth-order valence-electron chi connectivity index (χ4n) is 3.20. The number of rotatable bonds is 2. The molecule has 124 valence electrons. The van der Waals surface area contributed by atoms with Gasteiger partial charge < -0.3 is 9.88 Å². The lowest BCUT2D eigenvalue weighted by Crippen LogP contribution is -2.50. The predicted molar refractivity (Wildman–Crippen MR) is 84.6 cm³/mol. The molecule has 0 atom stereocenters. The smallest absolute Gasteiger partial charge is 0.314 e. The van der Waals surface area contributed by atoms with E-state index in [0.29, 0.717) is 35.9 Å². The largest absolute Gasteiger partial charge is 0.329 e. The van der Waals surface area contributed by atoms with Gasteiger partial charge in [0, 0.05) is 38.7 Å². The highest BCUT2D eigenvalue weighted by Gasteiger charge is 2.28. The normalized spacial score (nSPS) is 17.2. The first-order chi connectivity index (χ1) is 11.6. The lowest BCUT2D eigenvalue weighted by Gasteiger charge is -2.26. The molecule has 1 fully saturated rings. The third-order valence-corrected chi connectivity index (χ3v) is 4.49. The van der Waals surface area contributed by atoms with Crippen molar-refractivity contribution < 1.29 is 14.0 Å². The molecule has 3 amide bonds. The summed E-state index contributed by atoms with van der Waals surface area (Å²) in [6, 6.07) is 3.13. The molecule has 1 aromatic carbocycles. The molecular weight excluding hydrogens is 313 g/mol. The SMILES string of the molecule is Cn1c(N2CCC(=O)NC2=O)cnc1-c1ccc2c(c1F)CNC2. The zero-order chi connectivity index (χ0) is 16.8. The van der Waals surface area contributed by atoms with Crippen LogP contribution < -0.4 is 15.5 Å². The van der Waals surface area contributed by atoms with Crippen LogP contribution in [0.5, 0.6) is 0 Å². The number of amides is 3. The minimum atomic E-state index is -0.487. The van der Waals surface area contributed by atoms with Gasteiger partial charge in [0.1, 0.15) is 17.5 Å². The van der Waals surface area contributed by atoms with E-state index in [4.69, 9.17) is 0 Å². The summed E-state index contributed by atoms with van der Waals surface area (Å²) in [5.74, 6) is 0.391. The molecule has 0 radical (unpaired) electrons. The van der Waals surface area contributed by atoms with Crippen molar-refractivity contribution in [3.8, 4) is 11.4 Å². The summed E-state index contributed by atoms with van der Waals surface area (Å²) < 4.78 is 16.5. The van der Waals surface area contributed by atoms with Crippen LogP contribution in [0.25, 0.3) is 11.4 Å². The molecule has 8 heteroatoms. The van der Waals surface area contributed by atoms with Gasteiger partial charge in [-0.05, 0) is 11.6 Å². The van der Waals surface area contributed by atoms with Gasteiger partial charge in [-0.3, -0.25) is 15.0 Å². The maximum absolute atomic E-state index is 14.8. The van der Waals surface area contributed by atoms with E-state index < -0.39 is 6.03 Å². The van der Waals surface area contributed by atoms with E-state index in [-0.39, 0.29) is 24.7 Å². The molecule has 2 N–H and O–H groups in total. The lowest BCUT2D eigenvalue weighted by molar-refractivity contribution is -0.120. The number of imide groups is 1. The topological polar surface area (TPSA) is 79.3 Å². The Kier molecular flexibility index (Phi) is 3.34. The molecule has 4 rings (SSSR count). The van der Waals surface area contributed by atoms with Crippen molar-refractivity contribution in [3.05, 3.63) is 35.3 Å². The Morgan fingerprint density at radius 3 is 2.88 bits per heavy atom. The number of imidazole rings is 1. The van der Waals surface area contributed by atoms with Gasteiger partial charge in [-0.15, -0.1) is 0 Å². The molecule has 1 saturated heterocycles. The first-order valence-electron chi connectivity index (χ1n) is 7.70. The van der Waals surface area contributed by atoms with E-state index in [0.717, 1.165) is 5.56 Å². The van der Waals surface area contributed by atoms with Crippen molar-refractivity contribution in [2.24, 2.45) is 7.05 Å². The summed E-state index contributed by atoms with van der Waals surface area (Å²) >= 11 is 0.